The number of carbonyl (C=O) groups is 2. The van der Waals surface area contributed by atoms with E-state index in [0.29, 0.717) is 19.4 Å². The van der Waals surface area contributed by atoms with Gasteiger partial charge in [0.1, 0.15) is 17.7 Å². The Balaban J connectivity index is 1.67. The number of hydrogen-bond donors (Lipinski definition) is 0. The van der Waals surface area contributed by atoms with Crippen molar-refractivity contribution >= 4 is 19.2 Å². The number of esters is 1. The van der Waals surface area contributed by atoms with Gasteiger partial charge in [-0.1, -0.05) is 43.2 Å². The number of rotatable bonds is 8. The highest BCUT2D eigenvalue weighted by Gasteiger charge is 2.53. The number of hydrogen-bond acceptors (Lipinski definition) is 6. The molecule has 2 fully saturated rings. The molecule has 0 N–H and O–H groups in total. The average molecular weight is 487 g/mol. The average Bonchev–Trinajstić information content (AvgIpc) is 3.27. The summed E-state index contributed by atoms with van der Waals surface area (Å²) >= 11 is 0. The summed E-state index contributed by atoms with van der Waals surface area (Å²) in [7, 11) is -0.272. The highest BCUT2D eigenvalue weighted by atomic mass is 16.7. The minimum atomic E-state index is -1.02. The minimum Gasteiger partial charge on any atom is -0.459 e. The van der Waals surface area contributed by atoms with Gasteiger partial charge in [0.2, 0.25) is 0 Å². The lowest BCUT2D eigenvalue weighted by molar-refractivity contribution is -0.158. The molecule has 1 unspecified atom stereocenters. The van der Waals surface area contributed by atoms with Gasteiger partial charge in [-0.15, -0.1) is 0 Å². The zero-order valence-electron chi connectivity index (χ0n) is 22.5. The van der Waals surface area contributed by atoms with Crippen molar-refractivity contribution in [3.8, 4) is 0 Å². The molecule has 0 aliphatic carbocycles. The summed E-state index contributed by atoms with van der Waals surface area (Å²) < 4.78 is 23.7. The molecule has 2 aliphatic heterocycles. The van der Waals surface area contributed by atoms with Crippen molar-refractivity contribution in [1.29, 1.82) is 0 Å². The molecule has 2 heterocycles. The van der Waals surface area contributed by atoms with Crippen molar-refractivity contribution in [1.82, 2.24) is 4.90 Å². The van der Waals surface area contributed by atoms with Crippen molar-refractivity contribution in [2.75, 3.05) is 6.54 Å². The number of likely N-dealkylation sites (tertiary alicyclic amines) is 1. The van der Waals surface area contributed by atoms with Gasteiger partial charge in [0.15, 0.2) is 0 Å². The van der Waals surface area contributed by atoms with Crippen molar-refractivity contribution < 1.29 is 28.4 Å². The Labute approximate surface area is 211 Å². The Morgan fingerprint density at radius 1 is 1.03 bits per heavy atom. The normalized spacial score (nSPS) is 23.4. The molecule has 1 atom stereocenters. The zero-order chi connectivity index (χ0) is 25.9. The van der Waals surface area contributed by atoms with Crippen molar-refractivity contribution in [3.63, 3.8) is 0 Å². The summed E-state index contributed by atoms with van der Waals surface area (Å²) in [6.45, 7) is 14.3. The first-order valence-corrected chi connectivity index (χ1v) is 12.8. The van der Waals surface area contributed by atoms with Gasteiger partial charge in [-0.2, -0.15) is 0 Å². The fourth-order valence-corrected chi connectivity index (χ4v) is 4.70. The van der Waals surface area contributed by atoms with Crippen LogP contribution in [0.2, 0.25) is 6.32 Å². The maximum absolute atomic E-state index is 13.5. The van der Waals surface area contributed by atoms with E-state index >= 15 is 0 Å². The number of amides is 1. The third-order valence-electron chi connectivity index (χ3n) is 7.28. The molecular weight excluding hydrogens is 445 g/mol. The van der Waals surface area contributed by atoms with Gasteiger partial charge in [0.05, 0.1) is 11.2 Å². The lowest BCUT2D eigenvalue weighted by Gasteiger charge is -2.37. The summed E-state index contributed by atoms with van der Waals surface area (Å²) in [4.78, 5) is 28.2. The number of benzene rings is 1. The monoisotopic (exact) mass is 487 g/mol. The Hall–Kier alpha value is -2.06. The number of ether oxygens (including phenoxy) is 2. The van der Waals surface area contributed by atoms with Crippen molar-refractivity contribution in [2.45, 2.75) is 116 Å². The molecule has 0 radical (unpaired) electrons. The quantitative estimate of drug-likeness (QED) is 0.264. The lowest BCUT2D eigenvalue weighted by Crippen LogP contribution is -2.55. The summed E-state index contributed by atoms with van der Waals surface area (Å²) in [6.07, 6.45) is 3.63. The molecule has 194 valence electrons. The van der Waals surface area contributed by atoms with E-state index in [4.69, 9.17) is 18.8 Å². The molecule has 2 saturated heterocycles. The van der Waals surface area contributed by atoms with Crippen LogP contribution in [0, 0.1) is 0 Å². The van der Waals surface area contributed by atoms with E-state index < -0.39 is 17.2 Å². The van der Waals surface area contributed by atoms with Gasteiger partial charge >= 0.3 is 19.2 Å². The first kappa shape index (κ1) is 27.5. The van der Waals surface area contributed by atoms with Crippen LogP contribution in [0.3, 0.4) is 0 Å². The number of unbranched alkanes of at least 4 members (excludes halogenated alkanes) is 1. The van der Waals surface area contributed by atoms with E-state index in [-0.39, 0.29) is 30.9 Å². The molecular formula is C27H42BNO6. The van der Waals surface area contributed by atoms with Crippen LogP contribution in [0.25, 0.3) is 0 Å². The second kappa shape index (κ2) is 10.5. The minimum absolute atomic E-state index is 0.178. The molecule has 8 heteroatoms. The van der Waals surface area contributed by atoms with E-state index in [1.165, 1.54) is 0 Å². The smallest absolute Gasteiger partial charge is 0.457 e. The van der Waals surface area contributed by atoms with Crippen LogP contribution < -0.4 is 0 Å². The molecule has 0 saturated carbocycles. The van der Waals surface area contributed by atoms with E-state index in [1.54, 1.807) is 4.90 Å². The number of nitrogens with zero attached hydrogens (tertiary/aromatic N) is 1. The summed E-state index contributed by atoms with van der Waals surface area (Å²) in [5.74, 6) is -0.361. The Morgan fingerprint density at radius 2 is 1.66 bits per heavy atom. The predicted octanol–water partition coefficient (Wildman–Crippen LogP) is 5.76. The highest BCUT2D eigenvalue weighted by Crippen LogP contribution is 2.40. The maximum atomic E-state index is 13.5. The first-order chi connectivity index (χ1) is 16.3. The highest BCUT2D eigenvalue weighted by molar-refractivity contribution is 6.45. The van der Waals surface area contributed by atoms with Gasteiger partial charge in [0, 0.05) is 6.54 Å². The molecule has 7 nitrogen and oxygen atoms in total. The largest absolute Gasteiger partial charge is 0.459 e. The molecule has 1 aromatic carbocycles. The summed E-state index contributed by atoms with van der Waals surface area (Å²) in [5.41, 5.74) is -1.47. The Kier molecular flexibility index (Phi) is 8.27. The standard InChI is InChI=1S/C27H42BNO6/c1-24(2,3)33-23(31)29-19-13-17-27(29,22(30)32-20-21-14-9-8-10-15-21)16-11-12-18-28-34-25(4,5)26(6,7)35-28/h8-10,14-15H,11-13,16-20H2,1-7H3. The van der Waals surface area contributed by atoms with Gasteiger partial charge in [0.25, 0.3) is 0 Å². The Bertz CT molecular complexity index is 865. The first-order valence-electron chi connectivity index (χ1n) is 12.8. The van der Waals surface area contributed by atoms with E-state index in [9.17, 15) is 9.59 Å². The maximum Gasteiger partial charge on any atom is 0.457 e. The van der Waals surface area contributed by atoms with Crippen LogP contribution in [-0.4, -0.2) is 53.0 Å². The van der Waals surface area contributed by atoms with E-state index in [0.717, 1.165) is 31.1 Å². The fourth-order valence-electron chi connectivity index (χ4n) is 4.70. The third-order valence-corrected chi connectivity index (χ3v) is 7.28. The van der Waals surface area contributed by atoms with Gasteiger partial charge < -0.3 is 18.8 Å². The van der Waals surface area contributed by atoms with Crippen LogP contribution in [-0.2, 0) is 30.2 Å². The molecule has 0 spiro atoms. The van der Waals surface area contributed by atoms with Crippen molar-refractivity contribution in [3.05, 3.63) is 35.9 Å². The topological polar surface area (TPSA) is 74.3 Å². The Morgan fingerprint density at radius 3 is 2.26 bits per heavy atom. The van der Waals surface area contributed by atoms with Crippen LogP contribution in [0.4, 0.5) is 4.79 Å². The molecule has 0 aromatic heterocycles. The molecule has 3 rings (SSSR count). The van der Waals surface area contributed by atoms with Crippen LogP contribution >= 0.6 is 0 Å². The number of carbonyl (C=O) groups excluding carboxylic acids is 2. The second-order valence-corrected chi connectivity index (χ2v) is 11.8. The summed E-state index contributed by atoms with van der Waals surface area (Å²) in [6, 6.07) is 9.60. The molecule has 0 bridgehead atoms. The van der Waals surface area contributed by atoms with E-state index in [1.807, 2.05) is 78.8 Å². The second-order valence-electron chi connectivity index (χ2n) is 11.8. The molecule has 2 aliphatic rings. The van der Waals surface area contributed by atoms with Gasteiger partial charge in [-0.3, -0.25) is 4.90 Å². The summed E-state index contributed by atoms with van der Waals surface area (Å²) in [5, 5.41) is 0. The van der Waals surface area contributed by atoms with Crippen LogP contribution in [0.1, 0.15) is 86.1 Å². The molecule has 1 aromatic rings. The lowest BCUT2D eigenvalue weighted by atomic mass is 9.80. The van der Waals surface area contributed by atoms with Crippen LogP contribution in [0.15, 0.2) is 30.3 Å². The van der Waals surface area contributed by atoms with Gasteiger partial charge in [-0.05, 0) is 79.6 Å². The van der Waals surface area contributed by atoms with Crippen molar-refractivity contribution in [2.24, 2.45) is 0 Å². The van der Waals surface area contributed by atoms with Crippen LogP contribution in [0.5, 0.6) is 0 Å². The van der Waals surface area contributed by atoms with E-state index in [2.05, 4.69) is 0 Å². The zero-order valence-corrected chi connectivity index (χ0v) is 22.5. The van der Waals surface area contributed by atoms with Gasteiger partial charge in [-0.25, -0.2) is 9.59 Å². The fraction of sp³-hybridized carbons (Fsp3) is 0.704. The molecule has 35 heavy (non-hydrogen) atoms. The SMILES string of the molecule is CC(C)(C)OC(=O)N1CCCC1(CCCCB1OC(C)(C)C(C)(C)O1)C(=O)OCc1ccccc1. The predicted molar refractivity (Wildman–Crippen MR) is 136 cm³/mol. The third kappa shape index (κ3) is 6.59. The molecule has 1 amide bonds.